The van der Waals surface area contributed by atoms with Gasteiger partial charge in [0.1, 0.15) is 0 Å². The molecular weight excluding hydrogens is 284 g/mol. The summed E-state index contributed by atoms with van der Waals surface area (Å²) in [6.45, 7) is 3.56. The Labute approximate surface area is 134 Å². The zero-order valence-electron chi connectivity index (χ0n) is 13.3. The third-order valence-electron chi connectivity index (χ3n) is 4.85. The van der Waals surface area contributed by atoms with Gasteiger partial charge in [-0.05, 0) is 25.7 Å². The van der Waals surface area contributed by atoms with Crippen LogP contribution in [0.5, 0.6) is 0 Å². The van der Waals surface area contributed by atoms with Gasteiger partial charge in [-0.15, -0.1) is 0 Å². The van der Waals surface area contributed by atoms with Crippen molar-refractivity contribution in [3.8, 4) is 0 Å². The predicted molar refractivity (Wildman–Crippen MR) is 89.6 cm³/mol. The molecule has 1 aliphatic heterocycles. The molecule has 1 saturated heterocycles. The highest BCUT2D eigenvalue weighted by Crippen LogP contribution is 2.41. The molecule has 1 spiro atoms. The van der Waals surface area contributed by atoms with Gasteiger partial charge in [0.15, 0.2) is 0 Å². The van der Waals surface area contributed by atoms with Crippen LogP contribution in [0.15, 0.2) is 0 Å². The average molecular weight is 314 g/mol. The molecule has 2 N–H and O–H groups in total. The van der Waals surface area contributed by atoms with Crippen molar-refractivity contribution >= 4 is 17.2 Å². The van der Waals surface area contributed by atoms with E-state index in [0.29, 0.717) is 11.1 Å². The van der Waals surface area contributed by atoms with Crippen LogP contribution in [0.4, 0.5) is 0 Å². The Morgan fingerprint density at radius 1 is 1.29 bits per heavy atom. The Balaban J connectivity index is 1.80. The molecule has 0 aromatic carbocycles. The Kier molecular flexibility index (Phi) is 6.86. The van der Waals surface area contributed by atoms with Gasteiger partial charge in [-0.3, -0.25) is 4.90 Å². The molecule has 0 radical (unpaired) electrons. The van der Waals surface area contributed by atoms with Crippen LogP contribution in [0, 0.1) is 0 Å². The van der Waals surface area contributed by atoms with Gasteiger partial charge in [-0.25, -0.2) is 0 Å². The fourth-order valence-electron chi connectivity index (χ4n) is 3.66. The summed E-state index contributed by atoms with van der Waals surface area (Å²) in [5, 5.41) is 0. The molecular formula is C16H30N2O2S. The van der Waals surface area contributed by atoms with E-state index >= 15 is 0 Å². The summed E-state index contributed by atoms with van der Waals surface area (Å²) in [7, 11) is 1.74. The van der Waals surface area contributed by atoms with E-state index < -0.39 is 0 Å². The number of rotatable bonds is 8. The van der Waals surface area contributed by atoms with Gasteiger partial charge >= 0.3 is 0 Å². The molecule has 2 fully saturated rings. The van der Waals surface area contributed by atoms with Crippen molar-refractivity contribution in [2.45, 2.75) is 63.1 Å². The number of nitrogens with zero attached hydrogens (tertiary/aromatic N) is 1. The Bertz CT molecular complexity index is 332. The molecule has 21 heavy (non-hydrogen) atoms. The molecule has 4 nitrogen and oxygen atoms in total. The van der Waals surface area contributed by atoms with Crippen molar-refractivity contribution in [2.75, 3.05) is 33.4 Å². The van der Waals surface area contributed by atoms with Gasteiger partial charge in [0.25, 0.3) is 0 Å². The number of hydrogen-bond donors (Lipinski definition) is 1. The number of ether oxygens (including phenoxy) is 2. The lowest BCUT2D eigenvalue weighted by Crippen LogP contribution is -2.39. The van der Waals surface area contributed by atoms with Gasteiger partial charge < -0.3 is 15.2 Å². The van der Waals surface area contributed by atoms with Crippen LogP contribution in [0.1, 0.15) is 51.4 Å². The minimum absolute atomic E-state index is 0.207. The standard InChI is InChI=1S/C16H30N2O2S/c1-19-12-11-18(10-6-15(17)21)13-14-5-9-16(20-14)7-3-2-4-8-16/h14H,2-13H2,1H3,(H2,17,21). The molecule has 5 heteroatoms. The highest BCUT2D eigenvalue weighted by Gasteiger charge is 2.40. The van der Waals surface area contributed by atoms with Crippen LogP contribution in [0.2, 0.25) is 0 Å². The van der Waals surface area contributed by atoms with E-state index in [-0.39, 0.29) is 5.60 Å². The fraction of sp³-hybridized carbons (Fsp3) is 0.938. The number of hydrogen-bond acceptors (Lipinski definition) is 4. The van der Waals surface area contributed by atoms with Gasteiger partial charge in [-0.1, -0.05) is 31.5 Å². The Morgan fingerprint density at radius 2 is 2.05 bits per heavy atom. The van der Waals surface area contributed by atoms with Crippen LogP contribution in [0.3, 0.4) is 0 Å². The normalized spacial score (nSPS) is 24.8. The van der Waals surface area contributed by atoms with Crippen molar-refractivity contribution in [1.82, 2.24) is 4.90 Å². The van der Waals surface area contributed by atoms with E-state index in [9.17, 15) is 0 Å². The minimum atomic E-state index is 0.207. The van der Waals surface area contributed by atoms with E-state index in [4.69, 9.17) is 27.4 Å². The molecule has 1 unspecified atom stereocenters. The van der Waals surface area contributed by atoms with Crippen LogP contribution < -0.4 is 5.73 Å². The first kappa shape index (κ1) is 17.1. The maximum atomic E-state index is 6.46. The van der Waals surface area contributed by atoms with E-state index in [2.05, 4.69) is 4.90 Å². The molecule has 1 heterocycles. The molecule has 1 saturated carbocycles. The smallest absolute Gasteiger partial charge is 0.0740 e. The van der Waals surface area contributed by atoms with E-state index in [1.54, 1.807) is 7.11 Å². The SMILES string of the molecule is COCCN(CCC(N)=S)CC1CCC2(CCCCC2)O1. The summed E-state index contributed by atoms with van der Waals surface area (Å²) in [5.74, 6) is 0. The first-order valence-electron chi connectivity index (χ1n) is 8.31. The monoisotopic (exact) mass is 314 g/mol. The summed E-state index contributed by atoms with van der Waals surface area (Å²) < 4.78 is 11.7. The van der Waals surface area contributed by atoms with Gasteiger partial charge in [0.2, 0.25) is 0 Å². The highest BCUT2D eigenvalue weighted by molar-refractivity contribution is 7.80. The number of methoxy groups -OCH3 is 1. The van der Waals surface area contributed by atoms with E-state index in [0.717, 1.165) is 32.7 Å². The highest BCUT2D eigenvalue weighted by atomic mass is 32.1. The lowest BCUT2D eigenvalue weighted by atomic mass is 9.83. The lowest BCUT2D eigenvalue weighted by molar-refractivity contribution is -0.0725. The molecule has 0 aromatic heterocycles. The van der Waals surface area contributed by atoms with Crippen molar-refractivity contribution in [3.63, 3.8) is 0 Å². The third kappa shape index (κ3) is 5.47. The van der Waals surface area contributed by atoms with Crippen LogP contribution in [-0.4, -0.2) is 54.9 Å². The summed E-state index contributed by atoms with van der Waals surface area (Å²) in [4.78, 5) is 2.98. The maximum Gasteiger partial charge on any atom is 0.0740 e. The van der Waals surface area contributed by atoms with Crippen molar-refractivity contribution < 1.29 is 9.47 Å². The topological polar surface area (TPSA) is 47.7 Å². The summed E-state index contributed by atoms with van der Waals surface area (Å²) in [6.07, 6.45) is 10.1. The van der Waals surface area contributed by atoms with Gasteiger partial charge in [-0.2, -0.15) is 0 Å². The lowest BCUT2D eigenvalue weighted by Gasteiger charge is -2.34. The summed E-state index contributed by atoms with van der Waals surface area (Å²) in [6, 6.07) is 0. The molecule has 0 aromatic rings. The summed E-state index contributed by atoms with van der Waals surface area (Å²) >= 11 is 5.00. The summed E-state index contributed by atoms with van der Waals surface area (Å²) in [5.41, 5.74) is 5.84. The molecule has 2 aliphatic rings. The van der Waals surface area contributed by atoms with E-state index in [1.807, 2.05) is 0 Å². The zero-order chi connectivity index (χ0) is 15.1. The predicted octanol–water partition coefficient (Wildman–Crippen LogP) is 2.49. The molecule has 1 atom stereocenters. The Morgan fingerprint density at radius 3 is 2.71 bits per heavy atom. The van der Waals surface area contributed by atoms with E-state index in [1.165, 1.54) is 44.9 Å². The molecule has 2 rings (SSSR count). The second kappa shape index (κ2) is 8.42. The third-order valence-corrected chi connectivity index (χ3v) is 5.06. The quantitative estimate of drug-likeness (QED) is 0.698. The van der Waals surface area contributed by atoms with Crippen LogP contribution in [-0.2, 0) is 9.47 Å². The fourth-order valence-corrected chi connectivity index (χ4v) is 3.75. The second-order valence-electron chi connectivity index (χ2n) is 6.53. The van der Waals surface area contributed by atoms with Crippen LogP contribution >= 0.6 is 12.2 Å². The Hall–Kier alpha value is -0.230. The van der Waals surface area contributed by atoms with Crippen molar-refractivity contribution in [2.24, 2.45) is 5.73 Å². The van der Waals surface area contributed by atoms with Crippen molar-refractivity contribution in [1.29, 1.82) is 0 Å². The molecule has 0 bridgehead atoms. The van der Waals surface area contributed by atoms with Gasteiger partial charge in [0, 0.05) is 33.2 Å². The first-order chi connectivity index (χ1) is 10.1. The van der Waals surface area contributed by atoms with Crippen LogP contribution in [0.25, 0.3) is 0 Å². The molecule has 1 aliphatic carbocycles. The minimum Gasteiger partial charge on any atom is -0.393 e. The first-order valence-corrected chi connectivity index (χ1v) is 8.72. The second-order valence-corrected chi connectivity index (χ2v) is 7.06. The average Bonchev–Trinajstić information content (AvgIpc) is 2.85. The largest absolute Gasteiger partial charge is 0.393 e. The molecule has 122 valence electrons. The van der Waals surface area contributed by atoms with Crippen molar-refractivity contribution in [3.05, 3.63) is 0 Å². The zero-order valence-corrected chi connectivity index (χ0v) is 14.1. The maximum absolute atomic E-state index is 6.46. The number of nitrogens with two attached hydrogens (primary N) is 1. The number of thiocarbonyl (C=S) groups is 1. The van der Waals surface area contributed by atoms with Gasteiger partial charge in [0.05, 0.1) is 23.3 Å². The molecule has 0 amide bonds.